The van der Waals surface area contributed by atoms with E-state index < -0.39 is 76.6 Å². The van der Waals surface area contributed by atoms with Crippen molar-refractivity contribution in [2.45, 2.75) is 69.1 Å². The molecule has 1 atom stereocenters. The smallest absolute Gasteiger partial charge is 0.466 e. The van der Waals surface area contributed by atoms with Gasteiger partial charge in [0.2, 0.25) is 0 Å². The van der Waals surface area contributed by atoms with Gasteiger partial charge in [0.25, 0.3) is 0 Å². The van der Waals surface area contributed by atoms with Crippen molar-refractivity contribution in [3.63, 3.8) is 0 Å². The Balaban J connectivity index is 5.52. The number of esters is 1. The lowest BCUT2D eigenvalue weighted by Gasteiger charge is -2.33. The van der Waals surface area contributed by atoms with Crippen molar-refractivity contribution in [1.29, 1.82) is 0 Å². The molecule has 1 unspecified atom stereocenters. The van der Waals surface area contributed by atoms with Gasteiger partial charge in [-0.15, -0.1) is 0 Å². The van der Waals surface area contributed by atoms with Crippen LogP contribution in [0.1, 0.15) is 46.0 Å². The Labute approximate surface area is 185 Å². The maximum Gasteiger partial charge on any atom is 0.466 e. The molecule has 0 heterocycles. The third-order valence-corrected chi connectivity index (χ3v) is 4.93. The van der Waals surface area contributed by atoms with E-state index in [4.69, 9.17) is 0 Å². The summed E-state index contributed by atoms with van der Waals surface area (Å²) in [6.07, 6.45) is -8.71. The molecule has 0 fully saturated rings. The summed E-state index contributed by atoms with van der Waals surface area (Å²) in [6, 6.07) is 0. The van der Waals surface area contributed by atoms with Crippen LogP contribution in [0.4, 0.5) is 30.7 Å². The standard InChI is InChI=1S/C17H24F7NO7S/c1-4-5-9-25-13(27)15(16(20,21)22,32-12(26)11(2)3)31-10-7-6-8-14(18,19)17(23,24)33(28,29)30/h2,4-10H2,1,3H3,(H,25,27)(H,28,29,30)/p-1. The molecule has 0 aromatic rings. The van der Waals surface area contributed by atoms with Crippen molar-refractivity contribution in [3.8, 4) is 0 Å². The fourth-order valence-corrected chi connectivity index (χ4v) is 2.58. The number of unbranched alkanes of at least 4 members (excludes halogenated alkanes) is 2. The zero-order valence-corrected chi connectivity index (χ0v) is 18.4. The fourth-order valence-electron chi connectivity index (χ4n) is 2.12. The summed E-state index contributed by atoms with van der Waals surface area (Å²) in [6.45, 7) is 4.26. The molecule has 0 aliphatic carbocycles. The monoisotopic (exact) mass is 518 g/mol. The minimum Gasteiger partial charge on any atom is -0.743 e. The summed E-state index contributed by atoms with van der Waals surface area (Å²) in [4.78, 5) is 23.9. The lowest BCUT2D eigenvalue weighted by atomic mass is 10.1. The Hall–Kier alpha value is -1.94. The van der Waals surface area contributed by atoms with E-state index in [-0.39, 0.29) is 13.0 Å². The molecule has 0 bridgehead atoms. The summed E-state index contributed by atoms with van der Waals surface area (Å²) in [5, 5.41) is -4.09. The molecular weight excluding hydrogens is 495 g/mol. The van der Waals surface area contributed by atoms with Crippen LogP contribution in [-0.4, -0.2) is 61.1 Å². The number of hydrogen-bond donors (Lipinski definition) is 1. The van der Waals surface area contributed by atoms with Gasteiger partial charge < -0.3 is 19.3 Å². The first-order valence-electron chi connectivity index (χ1n) is 9.35. The Bertz CT molecular complexity index is 815. The fraction of sp³-hybridized carbons (Fsp3) is 0.765. The van der Waals surface area contributed by atoms with E-state index in [0.717, 1.165) is 6.92 Å². The van der Waals surface area contributed by atoms with Crippen LogP contribution < -0.4 is 5.32 Å². The lowest BCUT2D eigenvalue weighted by molar-refractivity contribution is -0.347. The van der Waals surface area contributed by atoms with Crippen LogP contribution >= 0.6 is 0 Å². The predicted octanol–water partition coefficient (Wildman–Crippen LogP) is 3.24. The number of nitrogens with one attached hydrogen (secondary N) is 1. The van der Waals surface area contributed by atoms with Gasteiger partial charge in [0, 0.05) is 18.5 Å². The minimum absolute atomic E-state index is 0.250. The zero-order chi connectivity index (χ0) is 26.3. The van der Waals surface area contributed by atoms with Gasteiger partial charge >= 0.3 is 35.0 Å². The van der Waals surface area contributed by atoms with Crippen LogP contribution in [0.25, 0.3) is 0 Å². The Morgan fingerprint density at radius 2 is 1.58 bits per heavy atom. The summed E-state index contributed by atoms with van der Waals surface area (Å²) < 4.78 is 134. The molecule has 0 aliphatic heterocycles. The highest BCUT2D eigenvalue weighted by Gasteiger charge is 2.66. The van der Waals surface area contributed by atoms with Gasteiger partial charge in [0.1, 0.15) is 0 Å². The molecular formula is C17H23F7NO7S-. The summed E-state index contributed by atoms with van der Waals surface area (Å²) >= 11 is 0. The van der Waals surface area contributed by atoms with E-state index in [1.807, 2.05) is 5.32 Å². The van der Waals surface area contributed by atoms with E-state index in [9.17, 15) is 53.3 Å². The number of ether oxygens (including phenoxy) is 2. The van der Waals surface area contributed by atoms with E-state index in [2.05, 4.69) is 16.1 Å². The van der Waals surface area contributed by atoms with Gasteiger partial charge in [-0.3, -0.25) is 4.79 Å². The summed E-state index contributed by atoms with van der Waals surface area (Å²) in [5.41, 5.74) is -0.533. The zero-order valence-electron chi connectivity index (χ0n) is 17.6. The third kappa shape index (κ3) is 7.81. The normalized spacial score (nSPS) is 15.0. The Morgan fingerprint density at radius 3 is 2.00 bits per heavy atom. The van der Waals surface area contributed by atoms with Gasteiger partial charge in [-0.2, -0.15) is 30.7 Å². The first-order chi connectivity index (χ1) is 14.8. The highest BCUT2D eigenvalue weighted by atomic mass is 32.2. The first-order valence-corrected chi connectivity index (χ1v) is 10.8. The Morgan fingerprint density at radius 1 is 1.03 bits per heavy atom. The number of carbonyl (C=O) groups is 2. The molecule has 0 aromatic carbocycles. The van der Waals surface area contributed by atoms with Crippen molar-refractivity contribution in [1.82, 2.24) is 5.32 Å². The van der Waals surface area contributed by atoms with Crippen molar-refractivity contribution >= 4 is 22.0 Å². The molecule has 0 aromatic heterocycles. The second-order valence-electron chi connectivity index (χ2n) is 6.87. The van der Waals surface area contributed by atoms with Crippen LogP contribution in [0.3, 0.4) is 0 Å². The highest BCUT2D eigenvalue weighted by molar-refractivity contribution is 7.86. The summed E-state index contributed by atoms with van der Waals surface area (Å²) in [5.74, 6) is -13.1. The second-order valence-corrected chi connectivity index (χ2v) is 8.30. The molecule has 8 nitrogen and oxygen atoms in total. The van der Waals surface area contributed by atoms with Crippen molar-refractivity contribution in [2.75, 3.05) is 13.2 Å². The van der Waals surface area contributed by atoms with Crippen LogP contribution in [0.15, 0.2) is 12.2 Å². The quantitative estimate of drug-likeness (QED) is 0.0936. The van der Waals surface area contributed by atoms with Gasteiger partial charge in [-0.25, -0.2) is 13.2 Å². The molecule has 1 N–H and O–H groups in total. The maximum absolute atomic E-state index is 13.7. The average molecular weight is 518 g/mol. The number of halogens is 7. The molecule has 33 heavy (non-hydrogen) atoms. The summed E-state index contributed by atoms with van der Waals surface area (Å²) in [7, 11) is -6.72. The average Bonchev–Trinajstić information content (AvgIpc) is 2.64. The van der Waals surface area contributed by atoms with Crippen LogP contribution in [0.2, 0.25) is 0 Å². The first kappa shape index (κ1) is 31.1. The lowest BCUT2D eigenvalue weighted by Crippen LogP contribution is -2.61. The van der Waals surface area contributed by atoms with Crippen molar-refractivity contribution < 1.29 is 62.8 Å². The number of alkyl halides is 7. The minimum atomic E-state index is -6.72. The molecule has 0 saturated carbocycles. The molecule has 16 heteroatoms. The van der Waals surface area contributed by atoms with Crippen molar-refractivity contribution in [3.05, 3.63) is 12.2 Å². The second kappa shape index (κ2) is 11.5. The largest absolute Gasteiger partial charge is 0.743 e. The van der Waals surface area contributed by atoms with E-state index in [1.165, 1.54) is 0 Å². The number of carbonyl (C=O) groups excluding carboxylic acids is 2. The van der Waals surface area contributed by atoms with Crippen LogP contribution in [-0.2, 0) is 29.2 Å². The van der Waals surface area contributed by atoms with E-state index >= 15 is 0 Å². The van der Waals surface area contributed by atoms with E-state index in [1.54, 1.807) is 6.92 Å². The van der Waals surface area contributed by atoms with Crippen LogP contribution in [0.5, 0.6) is 0 Å². The Kier molecular flexibility index (Phi) is 10.8. The van der Waals surface area contributed by atoms with Crippen molar-refractivity contribution in [2.24, 2.45) is 0 Å². The van der Waals surface area contributed by atoms with Gasteiger partial charge in [0.15, 0.2) is 10.1 Å². The number of amides is 1. The topological polar surface area (TPSA) is 122 Å². The number of hydrogen-bond acceptors (Lipinski definition) is 7. The van der Waals surface area contributed by atoms with Gasteiger partial charge in [-0.1, -0.05) is 19.9 Å². The van der Waals surface area contributed by atoms with Crippen LogP contribution in [0, 0.1) is 0 Å². The third-order valence-electron chi connectivity index (χ3n) is 4.00. The SMILES string of the molecule is C=C(C)C(=O)OC(OCCCCC(F)(F)C(F)(F)S(=O)(=O)[O-])(C(=O)NCCCC)C(F)(F)F. The molecule has 0 rings (SSSR count). The molecule has 0 radical (unpaired) electrons. The van der Waals surface area contributed by atoms with Gasteiger partial charge in [0.05, 0.1) is 6.61 Å². The predicted molar refractivity (Wildman–Crippen MR) is 97.0 cm³/mol. The molecule has 0 spiro atoms. The maximum atomic E-state index is 13.7. The molecule has 0 aliphatic rings. The highest BCUT2D eigenvalue weighted by Crippen LogP contribution is 2.42. The number of rotatable bonds is 14. The molecule has 1 amide bonds. The molecule has 194 valence electrons. The van der Waals surface area contributed by atoms with Gasteiger partial charge in [-0.05, 0) is 26.2 Å². The van der Waals surface area contributed by atoms with E-state index in [0.29, 0.717) is 6.42 Å². The molecule has 0 saturated heterocycles.